The summed E-state index contributed by atoms with van der Waals surface area (Å²) in [6.07, 6.45) is 0.0363. The zero-order chi connectivity index (χ0) is 17.5. The van der Waals surface area contributed by atoms with E-state index in [2.05, 4.69) is 12.1 Å². The number of hydrogen-bond donors (Lipinski definition) is 0. The fourth-order valence-corrected chi connectivity index (χ4v) is 4.26. The van der Waals surface area contributed by atoms with Gasteiger partial charge in [-0.2, -0.15) is 5.10 Å². The first-order valence-corrected chi connectivity index (χ1v) is 9.44. The molecule has 0 amide bonds. The number of benzene rings is 2. The smallest absolute Gasteiger partial charge is 0.251 e. The maximum atomic E-state index is 13.1. The SMILES string of the molecule is O=C(c1ccccc1)[C@H]1Oc2ccccc2[C@H]2CC(c3cccs3)=NN12. The Hall–Kier alpha value is -2.92. The lowest BCUT2D eigenvalue weighted by atomic mass is 9.97. The van der Waals surface area contributed by atoms with Gasteiger partial charge in [0, 0.05) is 17.5 Å². The van der Waals surface area contributed by atoms with E-state index in [4.69, 9.17) is 9.84 Å². The minimum Gasteiger partial charge on any atom is -0.461 e. The molecule has 0 aliphatic carbocycles. The third-order valence-electron chi connectivity index (χ3n) is 4.79. The Balaban J connectivity index is 1.58. The number of carbonyl (C=O) groups is 1. The normalized spacial score (nSPS) is 20.8. The molecule has 0 spiro atoms. The Labute approximate surface area is 155 Å². The summed E-state index contributed by atoms with van der Waals surface area (Å²) in [5.74, 6) is 0.701. The molecule has 3 aromatic rings. The van der Waals surface area contributed by atoms with E-state index in [1.165, 1.54) is 0 Å². The van der Waals surface area contributed by atoms with E-state index in [1.54, 1.807) is 11.3 Å². The molecule has 0 fully saturated rings. The van der Waals surface area contributed by atoms with E-state index < -0.39 is 6.23 Å². The van der Waals surface area contributed by atoms with Crippen molar-refractivity contribution in [2.75, 3.05) is 0 Å². The summed E-state index contributed by atoms with van der Waals surface area (Å²) >= 11 is 1.67. The second kappa shape index (κ2) is 6.11. The molecule has 2 aliphatic heterocycles. The van der Waals surface area contributed by atoms with Crippen molar-refractivity contribution in [3.05, 3.63) is 88.1 Å². The van der Waals surface area contributed by atoms with Crippen LogP contribution in [0.15, 0.2) is 77.2 Å². The van der Waals surface area contributed by atoms with Gasteiger partial charge in [-0.25, -0.2) is 5.01 Å². The molecule has 0 bridgehead atoms. The van der Waals surface area contributed by atoms with Crippen LogP contribution in [0.1, 0.15) is 33.3 Å². The number of carbonyl (C=O) groups excluding carboxylic acids is 1. The predicted octanol–water partition coefficient (Wildman–Crippen LogP) is 4.50. The van der Waals surface area contributed by atoms with Crippen LogP contribution in [-0.2, 0) is 0 Å². The van der Waals surface area contributed by atoms with Gasteiger partial charge in [-0.15, -0.1) is 11.3 Å². The minimum absolute atomic E-state index is 0.0229. The van der Waals surface area contributed by atoms with Gasteiger partial charge in [-0.1, -0.05) is 54.6 Å². The molecule has 2 atom stereocenters. The van der Waals surface area contributed by atoms with Crippen molar-refractivity contribution >= 4 is 22.8 Å². The topological polar surface area (TPSA) is 41.9 Å². The van der Waals surface area contributed by atoms with Gasteiger partial charge in [0.25, 0.3) is 6.23 Å². The van der Waals surface area contributed by atoms with E-state index >= 15 is 0 Å². The number of nitrogens with zero attached hydrogens (tertiary/aromatic N) is 2. The van der Waals surface area contributed by atoms with E-state index in [-0.39, 0.29) is 11.8 Å². The van der Waals surface area contributed by atoms with E-state index in [0.717, 1.165) is 28.3 Å². The highest BCUT2D eigenvalue weighted by molar-refractivity contribution is 7.12. The van der Waals surface area contributed by atoms with Crippen LogP contribution >= 0.6 is 11.3 Å². The van der Waals surface area contributed by atoms with Crippen LogP contribution in [0, 0.1) is 0 Å². The first-order valence-electron chi connectivity index (χ1n) is 8.56. The fraction of sp³-hybridized carbons (Fsp3) is 0.143. The average Bonchev–Trinajstić information content (AvgIpc) is 3.37. The molecule has 1 aromatic heterocycles. The van der Waals surface area contributed by atoms with Crippen molar-refractivity contribution in [2.45, 2.75) is 18.7 Å². The molecule has 0 radical (unpaired) electrons. The Kier molecular flexibility index (Phi) is 3.60. The van der Waals surface area contributed by atoms with Crippen LogP contribution in [0.2, 0.25) is 0 Å². The van der Waals surface area contributed by atoms with Crippen LogP contribution in [0.4, 0.5) is 0 Å². The number of fused-ring (bicyclic) bond motifs is 3. The van der Waals surface area contributed by atoms with Gasteiger partial charge >= 0.3 is 0 Å². The minimum atomic E-state index is -0.741. The third-order valence-corrected chi connectivity index (χ3v) is 5.71. The standard InChI is InChI=1S/C21H16N2O2S/c24-20(14-7-2-1-3-8-14)21-23-17(15-9-4-5-10-18(15)25-21)13-16(22-23)19-11-6-12-26-19/h1-12,17,21H,13H2/t17-,21-/m1/s1. The number of Topliss-reactive ketones (excluding diaryl/α,β-unsaturated/α-hetero) is 1. The Morgan fingerprint density at radius 1 is 1.04 bits per heavy atom. The highest BCUT2D eigenvalue weighted by Crippen LogP contribution is 2.43. The number of hydrazone groups is 1. The first-order chi connectivity index (χ1) is 12.8. The average molecular weight is 360 g/mol. The molecule has 3 heterocycles. The number of hydrogen-bond acceptors (Lipinski definition) is 5. The number of ketones is 1. The molecule has 128 valence electrons. The summed E-state index contributed by atoms with van der Waals surface area (Å²) in [5, 5.41) is 8.68. The highest BCUT2D eigenvalue weighted by atomic mass is 32.1. The fourth-order valence-electron chi connectivity index (χ4n) is 3.54. The van der Waals surface area contributed by atoms with Gasteiger partial charge in [0.2, 0.25) is 5.78 Å². The molecule has 26 heavy (non-hydrogen) atoms. The number of rotatable bonds is 3. The summed E-state index contributed by atoms with van der Waals surface area (Å²) in [6.45, 7) is 0. The quantitative estimate of drug-likeness (QED) is 0.646. The molecule has 0 N–H and O–H groups in total. The van der Waals surface area contributed by atoms with Crippen molar-refractivity contribution < 1.29 is 9.53 Å². The largest absolute Gasteiger partial charge is 0.461 e. The van der Waals surface area contributed by atoms with Crippen LogP contribution < -0.4 is 4.74 Å². The zero-order valence-electron chi connectivity index (χ0n) is 13.9. The molecule has 5 heteroatoms. The summed E-state index contributed by atoms with van der Waals surface area (Å²) in [4.78, 5) is 14.3. The number of ether oxygens (including phenoxy) is 1. The molecular weight excluding hydrogens is 344 g/mol. The molecule has 0 unspecified atom stereocenters. The van der Waals surface area contributed by atoms with Crippen molar-refractivity contribution in [1.29, 1.82) is 0 Å². The maximum absolute atomic E-state index is 13.1. The van der Waals surface area contributed by atoms with Gasteiger partial charge in [-0.05, 0) is 17.5 Å². The van der Waals surface area contributed by atoms with Crippen LogP contribution in [0.3, 0.4) is 0 Å². The Bertz CT molecular complexity index is 982. The predicted molar refractivity (Wildman–Crippen MR) is 102 cm³/mol. The summed E-state index contributed by atoms with van der Waals surface area (Å²) in [6, 6.07) is 21.3. The molecule has 5 rings (SSSR count). The number of para-hydroxylation sites is 1. The molecule has 4 nitrogen and oxygen atoms in total. The second-order valence-corrected chi connectivity index (χ2v) is 7.31. The van der Waals surface area contributed by atoms with Gasteiger partial charge in [-0.3, -0.25) is 4.79 Å². The molecule has 2 aromatic carbocycles. The lowest BCUT2D eigenvalue weighted by Gasteiger charge is -2.37. The van der Waals surface area contributed by atoms with Crippen molar-refractivity contribution in [3.63, 3.8) is 0 Å². The molecule has 0 saturated carbocycles. The molecule has 2 aliphatic rings. The monoisotopic (exact) mass is 360 g/mol. The van der Waals surface area contributed by atoms with Crippen molar-refractivity contribution in [2.24, 2.45) is 5.10 Å². The first kappa shape index (κ1) is 15.3. The van der Waals surface area contributed by atoms with Gasteiger partial charge in [0.05, 0.1) is 16.6 Å². The van der Waals surface area contributed by atoms with Gasteiger partial charge in [0.15, 0.2) is 0 Å². The van der Waals surface area contributed by atoms with Crippen LogP contribution in [0.5, 0.6) is 5.75 Å². The highest BCUT2D eigenvalue weighted by Gasteiger charge is 2.43. The Morgan fingerprint density at radius 3 is 2.65 bits per heavy atom. The maximum Gasteiger partial charge on any atom is 0.251 e. The summed E-state index contributed by atoms with van der Waals surface area (Å²) in [7, 11) is 0. The van der Waals surface area contributed by atoms with E-state index in [0.29, 0.717) is 5.56 Å². The van der Waals surface area contributed by atoms with Gasteiger partial charge in [0.1, 0.15) is 5.75 Å². The summed E-state index contributed by atoms with van der Waals surface area (Å²) in [5.41, 5.74) is 2.73. The number of thiophene rings is 1. The van der Waals surface area contributed by atoms with Crippen molar-refractivity contribution in [1.82, 2.24) is 5.01 Å². The van der Waals surface area contributed by atoms with Gasteiger partial charge < -0.3 is 4.74 Å². The Morgan fingerprint density at radius 2 is 1.85 bits per heavy atom. The van der Waals surface area contributed by atoms with E-state index in [9.17, 15) is 4.79 Å². The second-order valence-electron chi connectivity index (χ2n) is 6.36. The summed E-state index contributed by atoms with van der Waals surface area (Å²) < 4.78 is 6.10. The van der Waals surface area contributed by atoms with E-state index in [1.807, 2.05) is 65.0 Å². The van der Waals surface area contributed by atoms with Crippen LogP contribution in [-0.4, -0.2) is 22.7 Å². The zero-order valence-corrected chi connectivity index (χ0v) is 14.7. The lowest BCUT2D eigenvalue weighted by molar-refractivity contribution is -0.00455. The van der Waals surface area contributed by atoms with Crippen LogP contribution in [0.25, 0.3) is 0 Å². The van der Waals surface area contributed by atoms with Crippen molar-refractivity contribution in [3.8, 4) is 5.75 Å². The lowest BCUT2D eigenvalue weighted by Crippen LogP contribution is -2.45. The molecule has 0 saturated heterocycles. The third kappa shape index (κ3) is 2.44. The molecular formula is C21H16N2O2S.